The first kappa shape index (κ1) is 12.4. The number of ketones is 1. The fourth-order valence-corrected chi connectivity index (χ4v) is 1.81. The van der Waals surface area contributed by atoms with E-state index >= 15 is 0 Å². The first-order chi connectivity index (χ1) is 8.63. The lowest BCUT2D eigenvalue weighted by atomic mass is 10.1. The number of hydrogen-bond acceptors (Lipinski definition) is 3. The zero-order valence-electron chi connectivity index (χ0n) is 10.4. The van der Waals surface area contributed by atoms with E-state index in [4.69, 9.17) is 4.42 Å². The van der Waals surface area contributed by atoms with Crippen LogP contribution < -0.4 is 5.32 Å². The van der Waals surface area contributed by atoms with Gasteiger partial charge in [-0.1, -0.05) is 25.1 Å². The number of carbonyl (C=O) groups excluding carboxylic acids is 2. The molecule has 1 unspecified atom stereocenters. The number of benzene rings is 1. The van der Waals surface area contributed by atoms with Gasteiger partial charge in [0, 0.05) is 11.8 Å². The molecule has 94 valence electrons. The largest absolute Gasteiger partial charge is 0.463 e. The number of rotatable bonds is 4. The normalized spacial score (nSPS) is 12.3. The Morgan fingerprint density at radius 2 is 2.06 bits per heavy atom. The smallest absolute Gasteiger partial charge is 0.255 e. The molecule has 0 aliphatic heterocycles. The van der Waals surface area contributed by atoms with E-state index < -0.39 is 6.04 Å². The summed E-state index contributed by atoms with van der Waals surface area (Å²) in [6.07, 6.45) is 1.83. The van der Waals surface area contributed by atoms with E-state index in [-0.39, 0.29) is 11.7 Å². The van der Waals surface area contributed by atoms with E-state index in [1.807, 2.05) is 18.2 Å². The summed E-state index contributed by atoms with van der Waals surface area (Å²) in [5.74, 6) is -0.273. The monoisotopic (exact) mass is 245 g/mol. The maximum atomic E-state index is 12.0. The van der Waals surface area contributed by atoms with Gasteiger partial charge in [0.2, 0.25) is 0 Å². The summed E-state index contributed by atoms with van der Waals surface area (Å²) < 4.78 is 5.29. The molecular formula is C14H15NO3. The summed E-state index contributed by atoms with van der Waals surface area (Å²) in [5.41, 5.74) is 1.12. The van der Waals surface area contributed by atoms with Crippen molar-refractivity contribution in [2.24, 2.45) is 0 Å². The van der Waals surface area contributed by atoms with E-state index in [0.717, 1.165) is 5.39 Å². The fourth-order valence-electron chi connectivity index (χ4n) is 1.81. The molecule has 18 heavy (non-hydrogen) atoms. The predicted octanol–water partition coefficient (Wildman–Crippen LogP) is 2.53. The van der Waals surface area contributed by atoms with Crippen LogP contribution in [0.1, 0.15) is 30.6 Å². The topological polar surface area (TPSA) is 59.3 Å². The Kier molecular flexibility index (Phi) is 3.46. The lowest BCUT2D eigenvalue weighted by Crippen LogP contribution is -2.38. The minimum atomic E-state index is -0.476. The molecule has 0 aliphatic rings. The first-order valence-electron chi connectivity index (χ1n) is 5.93. The van der Waals surface area contributed by atoms with Gasteiger partial charge in [-0.2, -0.15) is 0 Å². The van der Waals surface area contributed by atoms with Gasteiger partial charge in [-0.25, -0.2) is 0 Å². The molecule has 1 amide bonds. The van der Waals surface area contributed by atoms with Crippen molar-refractivity contribution in [2.75, 3.05) is 0 Å². The van der Waals surface area contributed by atoms with Gasteiger partial charge in [-0.05, 0) is 13.0 Å². The molecule has 0 radical (unpaired) electrons. The van der Waals surface area contributed by atoms with Crippen LogP contribution in [0.5, 0.6) is 0 Å². The maximum absolute atomic E-state index is 12.0. The Labute approximate surface area is 105 Å². The van der Waals surface area contributed by atoms with E-state index in [9.17, 15) is 9.59 Å². The second-order valence-electron chi connectivity index (χ2n) is 4.16. The summed E-state index contributed by atoms with van der Waals surface area (Å²) in [6.45, 7) is 3.46. The minimum absolute atomic E-state index is 0.0103. The molecule has 0 saturated heterocycles. The number of amides is 1. The number of para-hydroxylation sites is 1. The van der Waals surface area contributed by atoms with Gasteiger partial charge in [-0.3, -0.25) is 9.59 Å². The lowest BCUT2D eigenvalue weighted by molar-refractivity contribution is -0.120. The molecule has 1 heterocycles. The van der Waals surface area contributed by atoms with Crippen molar-refractivity contribution in [2.45, 2.75) is 26.3 Å². The maximum Gasteiger partial charge on any atom is 0.255 e. The molecular weight excluding hydrogens is 230 g/mol. The van der Waals surface area contributed by atoms with Crippen molar-refractivity contribution < 1.29 is 14.0 Å². The molecule has 2 rings (SSSR count). The van der Waals surface area contributed by atoms with Crippen molar-refractivity contribution in [1.29, 1.82) is 0 Å². The highest BCUT2D eigenvalue weighted by molar-refractivity contribution is 6.07. The van der Waals surface area contributed by atoms with Crippen LogP contribution in [0.15, 0.2) is 34.9 Å². The summed E-state index contributed by atoms with van der Waals surface area (Å²) in [4.78, 5) is 23.5. The van der Waals surface area contributed by atoms with Crippen molar-refractivity contribution in [3.63, 3.8) is 0 Å². The van der Waals surface area contributed by atoms with E-state index in [1.54, 1.807) is 19.9 Å². The highest BCUT2D eigenvalue weighted by atomic mass is 16.3. The third-order valence-electron chi connectivity index (χ3n) is 2.90. The molecule has 0 spiro atoms. The Morgan fingerprint density at radius 3 is 2.78 bits per heavy atom. The lowest BCUT2D eigenvalue weighted by Gasteiger charge is -2.10. The van der Waals surface area contributed by atoms with Gasteiger partial charge < -0.3 is 9.73 Å². The summed E-state index contributed by atoms with van der Waals surface area (Å²) in [5, 5.41) is 3.43. The van der Waals surface area contributed by atoms with E-state index in [1.165, 1.54) is 6.26 Å². The molecule has 1 N–H and O–H groups in total. The Bertz CT molecular complexity index is 585. The molecule has 4 heteroatoms. The number of hydrogen-bond donors (Lipinski definition) is 1. The molecule has 0 saturated carbocycles. The Balaban J connectivity index is 2.21. The van der Waals surface area contributed by atoms with Crippen LogP contribution in [0, 0.1) is 0 Å². The summed E-state index contributed by atoms with van der Waals surface area (Å²) >= 11 is 0. The Morgan fingerprint density at radius 1 is 1.33 bits per heavy atom. The number of furan rings is 1. The van der Waals surface area contributed by atoms with Crippen LogP contribution in [-0.2, 0) is 4.79 Å². The SMILES string of the molecule is CCC(=O)C(C)NC(=O)c1coc2ccccc12. The first-order valence-corrected chi connectivity index (χ1v) is 5.93. The van der Waals surface area contributed by atoms with Gasteiger partial charge >= 0.3 is 0 Å². The van der Waals surface area contributed by atoms with Gasteiger partial charge in [0.15, 0.2) is 5.78 Å². The molecule has 2 aromatic rings. The van der Waals surface area contributed by atoms with Crippen LogP contribution in [0.2, 0.25) is 0 Å². The van der Waals surface area contributed by atoms with Crippen molar-refractivity contribution >= 4 is 22.7 Å². The quantitative estimate of drug-likeness (QED) is 0.900. The number of Topliss-reactive ketones (excluding diaryl/α,β-unsaturated/α-hetero) is 1. The third-order valence-corrected chi connectivity index (χ3v) is 2.90. The van der Waals surface area contributed by atoms with Crippen LogP contribution in [0.4, 0.5) is 0 Å². The standard InChI is InChI=1S/C14H15NO3/c1-3-12(16)9(2)15-14(17)11-8-18-13-7-5-4-6-10(11)13/h4-9H,3H2,1-2H3,(H,15,17). The van der Waals surface area contributed by atoms with Crippen LogP contribution in [0.3, 0.4) is 0 Å². The summed E-state index contributed by atoms with van der Waals surface area (Å²) in [7, 11) is 0. The fraction of sp³-hybridized carbons (Fsp3) is 0.286. The second kappa shape index (κ2) is 5.04. The van der Waals surface area contributed by atoms with Crippen LogP contribution in [0.25, 0.3) is 11.0 Å². The van der Waals surface area contributed by atoms with Gasteiger partial charge in [0.05, 0.1) is 11.6 Å². The minimum Gasteiger partial charge on any atom is -0.463 e. The average molecular weight is 245 g/mol. The van der Waals surface area contributed by atoms with Crippen molar-refractivity contribution in [3.05, 3.63) is 36.1 Å². The van der Waals surface area contributed by atoms with E-state index in [0.29, 0.717) is 17.6 Å². The molecule has 4 nitrogen and oxygen atoms in total. The van der Waals surface area contributed by atoms with Crippen molar-refractivity contribution in [3.8, 4) is 0 Å². The average Bonchev–Trinajstić information content (AvgIpc) is 2.81. The van der Waals surface area contributed by atoms with Crippen LogP contribution >= 0.6 is 0 Å². The highest BCUT2D eigenvalue weighted by Gasteiger charge is 2.18. The highest BCUT2D eigenvalue weighted by Crippen LogP contribution is 2.20. The third kappa shape index (κ3) is 2.27. The number of nitrogens with one attached hydrogen (secondary N) is 1. The van der Waals surface area contributed by atoms with Gasteiger partial charge in [0.25, 0.3) is 5.91 Å². The Hall–Kier alpha value is -2.10. The van der Waals surface area contributed by atoms with Gasteiger partial charge in [0.1, 0.15) is 11.8 Å². The molecule has 0 fully saturated rings. The van der Waals surface area contributed by atoms with Crippen molar-refractivity contribution in [1.82, 2.24) is 5.32 Å². The summed E-state index contributed by atoms with van der Waals surface area (Å²) in [6, 6.07) is 6.83. The zero-order chi connectivity index (χ0) is 13.1. The molecule has 1 aromatic heterocycles. The number of carbonyl (C=O) groups is 2. The molecule has 1 atom stereocenters. The molecule has 1 aromatic carbocycles. The van der Waals surface area contributed by atoms with Crippen LogP contribution in [-0.4, -0.2) is 17.7 Å². The molecule has 0 bridgehead atoms. The molecule has 0 aliphatic carbocycles. The van der Waals surface area contributed by atoms with E-state index in [2.05, 4.69) is 5.32 Å². The number of fused-ring (bicyclic) bond motifs is 1. The van der Waals surface area contributed by atoms with Gasteiger partial charge in [-0.15, -0.1) is 0 Å². The second-order valence-corrected chi connectivity index (χ2v) is 4.16. The zero-order valence-corrected chi connectivity index (χ0v) is 10.4. The predicted molar refractivity (Wildman–Crippen MR) is 68.4 cm³/mol.